The average molecular weight is 345 g/mol. The zero-order valence-corrected chi connectivity index (χ0v) is 15.6. The van der Waals surface area contributed by atoms with E-state index in [0.717, 1.165) is 12.3 Å². The lowest BCUT2D eigenvalue weighted by atomic mass is 9.87. The summed E-state index contributed by atoms with van der Waals surface area (Å²) in [6.07, 6.45) is 10.1. The van der Waals surface area contributed by atoms with Gasteiger partial charge < -0.3 is 4.90 Å². The fraction of sp³-hybridized carbons (Fsp3) is 0.375. The molecule has 1 aliphatic rings. The van der Waals surface area contributed by atoms with Gasteiger partial charge in [-0.3, -0.25) is 4.98 Å². The number of pyridine rings is 1. The number of hydrogen-bond acceptors (Lipinski definition) is 2. The van der Waals surface area contributed by atoms with Crippen LogP contribution < -0.4 is 4.90 Å². The number of aromatic nitrogens is 1. The minimum atomic E-state index is 0.624. The number of hydrogen-bond donors (Lipinski definition) is 0. The predicted molar refractivity (Wildman–Crippen MR) is 111 cm³/mol. The molecule has 1 aromatic heterocycles. The Morgan fingerprint density at radius 2 is 1.77 bits per heavy atom. The van der Waals surface area contributed by atoms with Gasteiger partial charge in [-0.15, -0.1) is 0 Å². The molecule has 2 atom stereocenters. The third-order valence-corrected chi connectivity index (χ3v) is 6.00. The topological polar surface area (TPSA) is 16.1 Å². The molecule has 4 rings (SSSR count). The molecule has 26 heavy (non-hydrogen) atoms. The third-order valence-electron chi connectivity index (χ3n) is 6.00. The summed E-state index contributed by atoms with van der Waals surface area (Å²) in [6.45, 7) is 3.51. The first-order valence-electron chi connectivity index (χ1n) is 9.98. The first-order chi connectivity index (χ1) is 12.8. The Morgan fingerprint density at radius 3 is 2.62 bits per heavy atom. The highest BCUT2D eigenvalue weighted by Gasteiger charge is 2.27. The van der Waals surface area contributed by atoms with Gasteiger partial charge in [0.25, 0.3) is 0 Å². The van der Waals surface area contributed by atoms with Crippen molar-refractivity contribution in [3.05, 3.63) is 72.6 Å². The molecule has 0 bridgehead atoms. The number of nitrogens with zero attached hydrogens (tertiary/aromatic N) is 2. The second kappa shape index (κ2) is 7.90. The van der Waals surface area contributed by atoms with Crippen LogP contribution in [0.1, 0.15) is 38.2 Å². The van der Waals surface area contributed by atoms with Gasteiger partial charge in [0, 0.05) is 30.7 Å². The molecule has 2 nitrogen and oxygen atoms in total. The van der Waals surface area contributed by atoms with Crippen LogP contribution in [0, 0.1) is 5.92 Å². The Kier molecular flexibility index (Phi) is 5.19. The highest BCUT2D eigenvalue weighted by atomic mass is 15.2. The van der Waals surface area contributed by atoms with Gasteiger partial charge in [-0.05, 0) is 60.1 Å². The van der Waals surface area contributed by atoms with E-state index in [-0.39, 0.29) is 0 Å². The summed E-state index contributed by atoms with van der Waals surface area (Å²) in [5.74, 6) is 0.817. The normalized spacial score (nSPS) is 20.4. The fourth-order valence-electron chi connectivity index (χ4n) is 4.42. The molecule has 2 heterocycles. The smallest absolute Gasteiger partial charge is 0.0399 e. The summed E-state index contributed by atoms with van der Waals surface area (Å²) in [5, 5.41) is 2.76. The number of fused-ring (bicyclic) bond motifs is 1. The fourth-order valence-corrected chi connectivity index (χ4v) is 4.42. The maximum atomic E-state index is 4.21. The number of anilines is 1. The van der Waals surface area contributed by atoms with Crippen LogP contribution in [0.4, 0.5) is 5.69 Å². The molecule has 0 saturated carbocycles. The molecular weight excluding hydrogens is 316 g/mol. The van der Waals surface area contributed by atoms with Gasteiger partial charge in [0.05, 0.1) is 0 Å². The summed E-state index contributed by atoms with van der Waals surface area (Å²) in [4.78, 5) is 6.85. The van der Waals surface area contributed by atoms with Crippen LogP contribution in [0.2, 0.25) is 0 Å². The molecule has 1 aliphatic heterocycles. The zero-order chi connectivity index (χ0) is 17.8. The van der Waals surface area contributed by atoms with Crippen LogP contribution in [0.15, 0.2) is 67.0 Å². The Hall–Kier alpha value is -2.35. The SMILES string of the molecule is CCC1CCC(CCc2cccc3ccccc23)N(c2ccncc2)C1. The van der Waals surface area contributed by atoms with Crippen molar-refractivity contribution >= 4 is 16.5 Å². The van der Waals surface area contributed by atoms with E-state index < -0.39 is 0 Å². The summed E-state index contributed by atoms with van der Waals surface area (Å²) in [6, 6.07) is 20.4. The van der Waals surface area contributed by atoms with Crippen molar-refractivity contribution in [1.29, 1.82) is 0 Å². The largest absolute Gasteiger partial charge is 0.368 e. The lowest BCUT2D eigenvalue weighted by Crippen LogP contribution is -2.43. The minimum absolute atomic E-state index is 0.624. The molecule has 0 radical (unpaired) electrons. The van der Waals surface area contributed by atoms with Crippen molar-refractivity contribution in [3.63, 3.8) is 0 Å². The van der Waals surface area contributed by atoms with Crippen LogP contribution in [-0.2, 0) is 6.42 Å². The van der Waals surface area contributed by atoms with E-state index >= 15 is 0 Å². The van der Waals surface area contributed by atoms with Crippen LogP contribution in [0.5, 0.6) is 0 Å². The second-order valence-corrected chi connectivity index (χ2v) is 7.54. The standard InChI is InChI=1S/C24H28N2/c1-2-19-10-12-22(26(18-19)23-14-16-25-17-15-23)13-11-21-8-5-7-20-6-3-4-9-24(20)21/h3-9,14-17,19,22H,2,10-13,18H2,1H3. The van der Waals surface area contributed by atoms with Crippen LogP contribution in [-0.4, -0.2) is 17.6 Å². The Bertz CT molecular complexity index is 838. The number of rotatable bonds is 5. The van der Waals surface area contributed by atoms with E-state index in [1.165, 1.54) is 54.3 Å². The quantitative estimate of drug-likeness (QED) is 0.576. The van der Waals surface area contributed by atoms with E-state index in [1.807, 2.05) is 12.4 Å². The molecular formula is C24H28N2. The number of aryl methyl sites for hydroxylation is 1. The lowest BCUT2D eigenvalue weighted by molar-refractivity contribution is 0.337. The molecule has 1 fully saturated rings. The van der Waals surface area contributed by atoms with Gasteiger partial charge in [0.2, 0.25) is 0 Å². The molecule has 0 spiro atoms. The molecule has 0 amide bonds. The van der Waals surface area contributed by atoms with Crippen molar-refractivity contribution in [3.8, 4) is 0 Å². The number of benzene rings is 2. The van der Waals surface area contributed by atoms with E-state index in [0.29, 0.717) is 6.04 Å². The van der Waals surface area contributed by atoms with Crippen molar-refractivity contribution in [1.82, 2.24) is 4.98 Å². The summed E-state index contributed by atoms with van der Waals surface area (Å²) < 4.78 is 0. The molecule has 1 saturated heterocycles. The maximum absolute atomic E-state index is 4.21. The molecule has 2 unspecified atom stereocenters. The maximum Gasteiger partial charge on any atom is 0.0399 e. The highest BCUT2D eigenvalue weighted by molar-refractivity contribution is 5.85. The highest BCUT2D eigenvalue weighted by Crippen LogP contribution is 2.31. The summed E-state index contributed by atoms with van der Waals surface area (Å²) >= 11 is 0. The van der Waals surface area contributed by atoms with E-state index in [1.54, 1.807) is 0 Å². The van der Waals surface area contributed by atoms with Gasteiger partial charge in [0.15, 0.2) is 0 Å². The lowest BCUT2D eigenvalue weighted by Gasteiger charge is -2.41. The minimum Gasteiger partial charge on any atom is -0.368 e. The zero-order valence-electron chi connectivity index (χ0n) is 15.6. The molecule has 0 N–H and O–H groups in total. The first-order valence-corrected chi connectivity index (χ1v) is 9.98. The van der Waals surface area contributed by atoms with Crippen LogP contribution >= 0.6 is 0 Å². The van der Waals surface area contributed by atoms with Gasteiger partial charge in [-0.2, -0.15) is 0 Å². The molecule has 3 aromatic rings. The molecule has 2 aromatic carbocycles. The second-order valence-electron chi connectivity index (χ2n) is 7.54. The van der Waals surface area contributed by atoms with E-state index in [4.69, 9.17) is 0 Å². The van der Waals surface area contributed by atoms with E-state index in [9.17, 15) is 0 Å². The Morgan fingerprint density at radius 1 is 0.962 bits per heavy atom. The Balaban J connectivity index is 1.53. The van der Waals surface area contributed by atoms with Crippen molar-refractivity contribution in [2.45, 2.75) is 45.1 Å². The number of piperidine rings is 1. The predicted octanol–water partition coefficient (Wildman–Crippen LogP) is 5.86. The first kappa shape index (κ1) is 17.1. The molecule has 0 aliphatic carbocycles. The van der Waals surface area contributed by atoms with Crippen molar-refractivity contribution in [2.75, 3.05) is 11.4 Å². The van der Waals surface area contributed by atoms with Gasteiger partial charge in [-0.25, -0.2) is 0 Å². The third kappa shape index (κ3) is 3.60. The summed E-state index contributed by atoms with van der Waals surface area (Å²) in [7, 11) is 0. The Labute approximate surface area is 156 Å². The van der Waals surface area contributed by atoms with Crippen molar-refractivity contribution in [2.24, 2.45) is 5.92 Å². The molecule has 134 valence electrons. The van der Waals surface area contributed by atoms with Crippen LogP contribution in [0.3, 0.4) is 0 Å². The van der Waals surface area contributed by atoms with Gasteiger partial charge >= 0.3 is 0 Å². The molecule has 2 heteroatoms. The van der Waals surface area contributed by atoms with Crippen LogP contribution in [0.25, 0.3) is 10.8 Å². The van der Waals surface area contributed by atoms with E-state index in [2.05, 4.69) is 71.4 Å². The van der Waals surface area contributed by atoms with Gasteiger partial charge in [0.1, 0.15) is 0 Å². The average Bonchev–Trinajstić information content (AvgIpc) is 2.72. The van der Waals surface area contributed by atoms with Gasteiger partial charge in [-0.1, -0.05) is 55.8 Å². The summed E-state index contributed by atoms with van der Waals surface area (Å²) in [5.41, 5.74) is 2.82. The monoisotopic (exact) mass is 344 g/mol. The van der Waals surface area contributed by atoms with Crippen molar-refractivity contribution < 1.29 is 0 Å².